The number of nitrogens with one attached hydrogen (secondary N) is 1. The summed E-state index contributed by atoms with van der Waals surface area (Å²) in [4.78, 5) is 13.5. The summed E-state index contributed by atoms with van der Waals surface area (Å²) in [6.07, 6.45) is 0.587. The van der Waals surface area contributed by atoms with Crippen LogP contribution < -0.4 is 0 Å². The molecule has 0 unspecified atom stereocenters. The molecule has 0 aliphatic rings. The Kier molecular flexibility index (Phi) is 2.43. The average molecular weight is 205 g/mol. The lowest BCUT2D eigenvalue weighted by Gasteiger charge is -1.97. The molecule has 0 radical (unpaired) electrons. The van der Waals surface area contributed by atoms with E-state index in [0.717, 1.165) is 16.5 Å². The van der Waals surface area contributed by atoms with Gasteiger partial charge in [0, 0.05) is 17.5 Å². The number of carbonyl (C=O) groups is 1. The van der Waals surface area contributed by atoms with Gasteiger partial charge in [-0.3, -0.25) is 0 Å². The first-order valence-electron chi connectivity index (χ1n) is 4.66. The summed E-state index contributed by atoms with van der Waals surface area (Å²) < 4.78 is 0. The van der Waals surface area contributed by atoms with E-state index < -0.39 is 5.97 Å². The van der Waals surface area contributed by atoms with Crippen LogP contribution >= 0.6 is 0 Å². The molecule has 0 saturated carbocycles. The Bertz CT molecular complexity index is 502. The van der Waals surface area contributed by atoms with Gasteiger partial charge >= 0.3 is 5.97 Å². The zero-order chi connectivity index (χ0) is 10.8. The summed E-state index contributed by atoms with van der Waals surface area (Å²) in [6, 6.07) is 7.18. The summed E-state index contributed by atoms with van der Waals surface area (Å²) in [7, 11) is 0. The Hall–Kier alpha value is -1.81. The number of rotatable bonds is 3. The molecule has 4 nitrogen and oxygen atoms in total. The van der Waals surface area contributed by atoms with E-state index in [-0.39, 0.29) is 12.3 Å². The zero-order valence-electron chi connectivity index (χ0n) is 8.03. The van der Waals surface area contributed by atoms with Crippen molar-refractivity contribution in [2.45, 2.75) is 6.42 Å². The smallest absolute Gasteiger partial charge is 0.352 e. The molecule has 3 N–H and O–H groups in total. The maximum Gasteiger partial charge on any atom is 0.352 e. The third-order valence-electron chi connectivity index (χ3n) is 2.32. The second kappa shape index (κ2) is 3.74. The number of benzene rings is 1. The zero-order valence-corrected chi connectivity index (χ0v) is 8.03. The van der Waals surface area contributed by atoms with Crippen LogP contribution in [0.15, 0.2) is 24.3 Å². The van der Waals surface area contributed by atoms with E-state index in [4.69, 9.17) is 10.2 Å². The Balaban J connectivity index is 2.47. The number of aromatic nitrogens is 1. The number of fused-ring (bicyclic) bond motifs is 1. The van der Waals surface area contributed by atoms with Gasteiger partial charge in [0.1, 0.15) is 5.69 Å². The van der Waals surface area contributed by atoms with Gasteiger partial charge in [0.05, 0.1) is 0 Å². The summed E-state index contributed by atoms with van der Waals surface area (Å²) in [6.45, 7) is 0.0989. The predicted molar refractivity (Wildman–Crippen MR) is 56.0 cm³/mol. The summed E-state index contributed by atoms with van der Waals surface area (Å²) in [5, 5.41) is 18.4. The van der Waals surface area contributed by atoms with E-state index in [9.17, 15) is 4.79 Å². The highest BCUT2D eigenvalue weighted by atomic mass is 16.4. The van der Waals surface area contributed by atoms with Crippen LogP contribution in [0.1, 0.15) is 16.1 Å². The minimum absolute atomic E-state index is 0.0989. The van der Waals surface area contributed by atoms with Gasteiger partial charge in [0.25, 0.3) is 0 Å². The van der Waals surface area contributed by atoms with Crippen LogP contribution in [0.4, 0.5) is 0 Å². The van der Waals surface area contributed by atoms with Crippen LogP contribution in [0.3, 0.4) is 0 Å². The summed E-state index contributed by atoms with van der Waals surface area (Å²) in [5.74, 6) is -0.963. The van der Waals surface area contributed by atoms with Crippen LogP contribution in [0, 0.1) is 0 Å². The van der Waals surface area contributed by atoms with E-state index in [1.54, 1.807) is 6.07 Å². The van der Waals surface area contributed by atoms with E-state index in [1.165, 1.54) is 0 Å². The summed E-state index contributed by atoms with van der Waals surface area (Å²) >= 11 is 0. The topological polar surface area (TPSA) is 73.3 Å². The first-order valence-corrected chi connectivity index (χ1v) is 4.66. The van der Waals surface area contributed by atoms with Crippen LogP contribution in [-0.4, -0.2) is 27.8 Å². The molecule has 78 valence electrons. The Labute approximate surface area is 86.2 Å². The van der Waals surface area contributed by atoms with Gasteiger partial charge in [-0.15, -0.1) is 0 Å². The lowest BCUT2D eigenvalue weighted by Crippen LogP contribution is -1.94. The normalized spacial score (nSPS) is 10.7. The highest BCUT2D eigenvalue weighted by Crippen LogP contribution is 2.17. The molecule has 15 heavy (non-hydrogen) atoms. The van der Waals surface area contributed by atoms with Crippen molar-refractivity contribution in [3.63, 3.8) is 0 Å². The Morgan fingerprint density at radius 2 is 2.13 bits per heavy atom. The molecule has 4 heteroatoms. The molecule has 2 aromatic rings. The number of carboxylic acid groups (broad SMARTS) is 1. The molecule has 2 rings (SSSR count). The molecular formula is C11H11NO3. The number of aliphatic hydroxyl groups excluding tert-OH is 1. The first kappa shape index (κ1) is 9.73. The molecule has 0 aliphatic heterocycles. The third kappa shape index (κ3) is 1.85. The molecule has 0 spiro atoms. The quantitative estimate of drug-likeness (QED) is 0.709. The Morgan fingerprint density at radius 1 is 1.33 bits per heavy atom. The van der Waals surface area contributed by atoms with Gasteiger partial charge in [-0.2, -0.15) is 0 Å². The minimum Gasteiger partial charge on any atom is -0.477 e. The van der Waals surface area contributed by atoms with Crippen molar-refractivity contribution in [3.05, 3.63) is 35.5 Å². The molecule has 0 saturated heterocycles. The van der Waals surface area contributed by atoms with E-state index in [2.05, 4.69) is 4.98 Å². The molecule has 0 bridgehead atoms. The Morgan fingerprint density at radius 3 is 2.80 bits per heavy atom. The highest BCUT2D eigenvalue weighted by Gasteiger charge is 2.07. The van der Waals surface area contributed by atoms with Crippen molar-refractivity contribution in [1.29, 1.82) is 0 Å². The fourth-order valence-electron chi connectivity index (χ4n) is 1.58. The van der Waals surface area contributed by atoms with E-state index in [0.29, 0.717) is 6.42 Å². The fourth-order valence-corrected chi connectivity index (χ4v) is 1.58. The standard InChI is InChI=1S/C11H11NO3/c13-4-3-7-1-2-9-8(5-7)6-10(12-9)11(14)15/h1-2,5-6,12-13H,3-4H2,(H,14,15). The van der Waals surface area contributed by atoms with Crippen molar-refractivity contribution in [1.82, 2.24) is 4.98 Å². The van der Waals surface area contributed by atoms with Crippen molar-refractivity contribution < 1.29 is 15.0 Å². The monoisotopic (exact) mass is 205 g/mol. The van der Waals surface area contributed by atoms with Gasteiger partial charge in [0.15, 0.2) is 0 Å². The van der Waals surface area contributed by atoms with Gasteiger partial charge in [0.2, 0.25) is 0 Å². The average Bonchev–Trinajstić information content (AvgIpc) is 2.61. The first-order chi connectivity index (χ1) is 7.20. The molecule has 0 aliphatic carbocycles. The molecule has 0 atom stereocenters. The number of carboxylic acids is 1. The van der Waals surface area contributed by atoms with Crippen LogP contribution in [0.5, 0.6) is 0 Å². The number of hydrogen-bond donors (Lipinski definition) is 3. The maximum atomic E-state index is 10.7. The lowest BCUT2D eigenvalue weighted by atomic mass is 10.1. The van der Waals surface area contributed by atoms with Gasteiger partial charge in [-0.05, 0) is 30.2 Å². The number of aromatic carboxylic acids is 1. The maximum absolute atomic E-state index is 10.7. The van der Waals surface area contributed by atoms with Gasteiger partial charge in [-0.25, -0.2) is 4.79 Å². The lowest BCUT2D eigenvalue weighted by molar-refractivity contribution is 0.0691. The largest absolute Gasteiger partial charge is 0.477 e. The molecule has 1 aromatic heterocycles. The van der Waals surface area contributed by atoms with Gasteiger partial charge in [-0.1, -0.05) is 6.07 Å². The van der Waals surface area contributed by atoms with Crippen molar-refractivity contribution >= 4 is 16.9 Å². The second-order valence-electron chi connectivity index (χ2n) is 3.38. The fraction of sp³-hybridized carbons (Fsp3) is 0.182. The van der Waals surface area contributed by atoms with Crippen LogP contribution in [-0.2, 0) is 6.42 Å². The SMILES string of the molecule is O=C(O)c1cc2cc(CCO)ccc2[nH]1. The van der Waals surface area contributed by atoms with Crippen molar-refractivity contribution in [2.24, 2.45) is 0 Å². The summed E-state index contributed by atoms with van der Waals surface area (Å²) in [5.41, 5.74) is 1.99. The van der Waals surface area contributed by atoms with Crippen molar-refractivity contribution in [3.8, 4) is 0 Å². The molecule has 0 fully saturated rings. The van der Waals surface area contributed by atoms with Crippen LogP contribution in [0.25, 0.3) is 10.9 Å². The third-order valence-corrected chi connectivity index (χ3v) is 2.32. The van der Waals surface area contributed by atoms with Gasteiger partial charge < -0.3 is 15.2 Å². The molecule has 1 heterocycles. The molecule has 1 aromatic carbocycles. The number of hydrogen-bond acceptors (Lipinski definition) is 2. The number of H-pyrrole nitrogens is 1. The van der Waals surface area contributed by atoms with Crippen LogP contribution in [0.2, 0.25) is 0 Å². The molecule has 0 amide bonds. The van der Waals surface area contributed by atoms with E-state index in [1.807, 2.05) is 18.2 Å². The minimum atomic E-state index is -0.963. The van der Waals surface area contributed by atoms with E-state index >= 15 is 0 Å². The second-order valence-corrected chi connectivity index (χ2v) is 3.38. The van der Waals surface area contributed by atoms with Crippen molar-refractivity contribution in [2.75, 3.05) is 6.61 Å². The highest BCUT2D eigenvalue weighted by molar-refractivity contribution is 5.93. The number of aromatic amines is 1. The predicted octanol–water partition coefficient (Wildman–Crippen LogP) is 1.40. The molecular weight excluding hydrogens is 194 g/mol. The number of aliphatic hydroxyl groups is 1.